The zero-order valence-corrected chi connectivity index (χ0v) is 17.2. The van der Waals surface area contributed by atoms with E-state index in [-0.39, 0.29) is 29.7 Å². The van der Waals surface area contributed by atoms with Gasteiger partial charge in [0, 0.05) is 19.0 Å². The van der Waals surface area contributed by atoms with E-state index in [2.05, 4.69) is 27.8 Å². The van der Waals surface area contributed by atoms with E-state index in [0.29, 0.717) is 15.4 Å². The Morgan fingerprint density at radius 1 is 1.19 bits per heavy atom. The molecule has 1 aromatic heterocycles. The van der Waals surface area contributed by atoms with Crippen LogP contribution < -0.4 is 15.5 Å². The molecule has 0 saturated heterocycles. The fourth-order valence-electron chi connectivity index (χ4n) is 3.26. The van der Waals surface area contributed by atoms with E-state index in [0.717, 1.165) is 32.1 Å². The zero-order chi connectivity index (χ0) is 19.4. The van der Waals surface area contributed by atoms with Gasteiger partial charge < -0.3 is 5.32 Å². The van der Waals surface area contributed by atoms with Gasteiger partial charge in [-0.3, -0.25) is 19.8 Å². The second-order valence-electron chi connectivity index (χ2n) is 7.15. The van der Waals surface area contributed by atoms with Gasteiger partial charge in [0.25, 0.3) is 0 Å². The summed E-state index contributed by atoms with van der Waals surface area (Å²) in [5.74, 6) is 0.0931. The molecule has 2 N–H and O–H groups in total. The molecule has 8 nitrogen and oxygen atoms in total. The number of urea groups is 1. The largest absolute Gasteiger partial charge is 0.335 e. The maximum Gasteiger partial charge on any atom is 0.321 e. The van der Waals surface area contributed by atoms with Gasteiger partial charge in [0.2, 0.25) is 16.9 Å². The van der Waals surface area contributed by atoms with Crippen LogP contribution in [0.4, 0.5) is 9.93 Å². The van der Waals surface area contributed by atoms with Crippen molar-refractivity contribution < 1.29 is 14.4 Å². The predicted molar refractivity (Wildman–Crippen MR) is 105 cm³/mol. The third-order valence-electron chi connectivity index (χ3n) is 4.86. The summed E-state index contributed by atoms with van der Waals surface area (Å²) in [6, 6.07) is -0.0822. The average molecular weight is 412 g/mol. The Kier molecular flexibility index (Phi) is 6.69. The zero-order valence-electron chi connectivity index (χ0n) is 15.6. The monoisotopic (exact) mass is 411 g/mol. The van der Waals surface area contributed by atoms with Gasteiger partial charge in [-0.2, -0.15) is 0 Å². The lowest BCUT2D eigenvalue weighted by Gasteiger charge is -2.29. The van der Waals surface area contributed by atoms with Gasteiger partial charge in [0.15, 0.2) is 4.34 Å². The van der Waals surface area contributed by atoms with Crippen LogP contribution >= 0.6 is 23.1 Å². The minimum atomic E-state index is -0.436. The minimum Gasteiger partial charge on any atom is -0.335 e. The molecule has 2 saturated carbocycles. The normalized spacial score (nSPS) is 22.1. The maximum absolute atomic E-state index is 12.0. The summed E-state index contributed by atoms with van der Waals surface area (Å²) < 4.78 is 0.605. The Morgan fingerprint density at radius 2 is 1.93 bits per heavy atom. The highest BCUT2D eigenvalue weighted by atomic mass is 32.2. The molecule has 27 heavy (non-hydrogen) atoms. The van der Waals surface area contributed by atoms with Crippen molar-refractivity contribution in [3.63, 3.8) is 0 Å². The van der Waals surface area contributed by atoms with Gasteiger partial charge in [-0.05, 0) is 31.6 Å². The molecule has 3 rings (SSSR count). The van der Waals surface area contributed by atoms with Crippen LogP contribution in [-0.4, -0.2) is 45.9 Å². The molecule has 2 aliphatic rings. The van der Waals surface area contributed by atoms with Crippen LogP contribution in [0, 0.1) is 5.92 Å². The first-order chi connectivity index (χ1) is 12.9. The number of aromatic nitrogens is 2. The topological polar surface area (TPSA) is 104 Å². The summed E-state index contributed by atoms with van der Waals surface area (Å²) in [6.07, 6.45) is 6.33. The van der Waals surface area contributed by atoms with Crippen molar-refractivity contribution in [2.45, 2.75) is 68.8 Å². The van der Waals surface area contributed by atoms with Crippen molar-refractivity contribution in [2.24, 2.45) is 5.92 Å². The van der Waals surface area contributed by atoms with Gasteiger partial charge >= 0.3 is 6.03 Å². The lowest BCUT2D eigenvalue weighted by atomic mass is 9.86. The van der Waals surface area contributed by atoms with Gasteiger partial charge in [-0.15, -0.1) is 10.2 Å². The molecule has 0 aromatic carbocycles. The van der Waals surface area contributed by atoms with Crippen molar-refractivity contribution >= 4 is 46.1 Å². The number of carbonyl (C=O) groups is 3. The van der Waals surface area contributed by atoms with Crippen molar-refractivity contribution in [3.8, 4) is 0 Å². The van der Waals surface area contributed by atoms with Crippen LogP contribution in [0.5, 0.6) is 0 Å². The van der Waals surface area contributed by atoms with Crippen LogP contribution in [0.15, 0.2) is 4.34 Å². The van der Waals surface area contributed by atoms with E-state index in [1.165, 1.54) is 36.4 Å². The lowest BCUT2D eigenvalue weighted by Crippen LogP contribution is -2.48. The third-order valence-corrected chi connectivity index (χ3v) is 6.92. The number of rotatable bonds is 6. The standard InChI is InChI=1S/C17H25N5O3S2/c1-10-5-3-4-6-13(10)18-15(25)19-14(24)9-26-17-21-20-16(27-17)22(11(2)23)12-7-8-12/h10,12-13H,3-9H2,1-2H3,(H2,18,19,24,25). The average Bonchev–Trinajstić information content (AvgIpc) is 3.32. The third kappa shape index (κ3) is 5.65. The van der Waals surface area contributed by atoms with Crippen molar-refractivity contribution in [1.29, 1.82) is 0 Å². The molecule has 0 radical (unpaired) electrons. The van der Waals surface area contributed by atoms with Gasteiger partial charge in [0.05, 0.1) is 5.75 Å². The molecule has 1 heterocycles. The summed E-state index contributed by atoms with van der Waals surface area (Å²) in [4.78, 5) is 37.4. The first kappa shape index (κ1) is 20.1. The summed E-state index contributed by atoms with van der Waals surface area (Å²) in [5, 5.41) is 13.9. The highest BCUT2D eigenvalue weighted by molar-refractivity contribution is 8.01. The first-order valence-electron chi connectivity index (χ1n) is 9.30. The van der Waals surface area contributed by atoms with Crippen LogP contribution in [0.2, 0.25) is 0 Å². The molecule has 2 unspecified atom stereocenters. The molecule has 0 aliphatic heterocycles. The molecule has 1 aromatic rings. The van der Waals surface area contributed by atoms with E-state index >= 15 is 0 Å². The van der Waals surface area contributed by atoms with E-state index in [4.69, 9.17) is 0 Å². The SMILES string of the molecule is CC(=O)N(c1nnc(SCC(=O)NC(=O)NC2CCCCC2C)s1)C1CC1. The van der Waals surface area contributed by atoms with Crippen LogP contribution in [0.3, 0.4) is 0 Å². The molecular formula is C17H25N5O3S2. The summed E-state index contributed by atoms with van der Waals surface area (Å²) in [6.45, 7) is 3.65. The molecule has 0 spiro atoms. The quantitative estimate of drug-likeness (QED) is 0.551. The van der Waals surface area contributed by atoms with Crippen LogP contribution in [-0.2, 0) is 9.59 Å². The molecule has 2 aliphatic carbocycles. The number of anilines is 1. The second kappa shape index (κ2) is 9.01. The second-order valence-corrected chi connectivity index (χ2v) is 9.33. The van der Waals surface area contributed by atoms with Gasteiger partial charge in [0.1, 0.15) is 0 Å². The number of nitrogens with zero attached hydrogens (tertiary/aromatic N) is 3. The Hall–Kier alpha value is -1.68. The first-order valence-corrected chi connectivity index (χ1v) is 11.1. The van der Waals surface area contributed by atoms with Gasteiger partial charge in [-0.25, -0.2) is 4.79 Å². The number of hydrogen-bond donors (Lipinski definition) is 2. The van der Waals surface area contributed by atoms with E-state index < -0.39 is 6.03 Å². The fraction of sp³-hybridized carbons (Fsp3) is 0.706. The molecule has 2 atom stereocenters. The number of thioether (sulfide) groups is 1. The summed E-state index contributed by atoms with van der Waals surface area (Å²) in [5.41, 5.74) is 0. The number of hydrogen-bond acceptors (Lipinski definition) is 7. The molecule has 0 bridgehead atoms. The van der Waals surface area contributed by atoms with E-state index in [9.17, 15) is 14.4 Å². The Labute approximate surface area is 166 Å². The van der Waals surface area contributed by atoms with Crippen LogP contribution in [0.25, 0.3) is 0 Å². The fourth-order valence-corrected chi connectivity index (χ4v) is 5.02. The molecule has 148 valence electrons. The maximum atomic E-state index is 12.0. The minimum absolute atomic E-state index is 0.0449. The van der Waals surface area contributed by atoms with Crippen LogP contribution in [0.1, 0.15) is 52.4 Å². The predicted octanol–water partition coefficient (Wildman–Crippen LogP) is 2.55. The molecule has 10 heteroatoms. The van der Waals surface area contributed by atoms with Crippen molar-refractivity contribution in [1.82, 2.24) is 20.8 Å². The lowest BCUT2D eigenvalue weighted by molar-refractivity contribution is -0.118. The number of nitrogens with one attached hydrogen (secondary N) is 2. The Balaban J connectivity index is 1.44. The summed E-state index contributed by atoms with van der Waals surface area (Å²) >= 11 is 2.51. The van der Waals surface area contributed by atoms with Crippen molar-refractivity contribution in [2.75, 3.05) is 10.7 Å². The van der Waals surface area contributed by atoms with Crippen molar-refractivity contribution in [3.05, 3.63) is 0 Å². The van der Waals surface area contributed by atoms with Gasteiger partial charge in [-0.1, -0.05) is 42.9 Å². The van der Waals surface area contributed by atoms with E-state index in [1.54, 1.807) is 4.90 Å². The smallest absolute Gasteiger partial charge is 0.321 e. The Bertz CT molecular complexity index is 706. The molecule has 4 amide bonds. The Morgan fingerprint density at radius 3 is 2.59 bits per heavy atom. The number of amides is 4. The van der Waals surface area contributed by atoms with E-state index in [1.807, 2.05) is 0 Å². The molecular weight excluding hydrogens is 386 g/mol. The molecule has 2 fully saturated rings. The highest BCUT2D eigenvalue weighted by Gasteiger charge is 2.34. The number of imide groups is 1. The summed E-state index contributed by atoms with van der Waals surface area (Å²) in [7, 11) is 0. The highest BCUT2D eigenvalue weighted by Crippen LogP contribution is 2.35. The number of carbonyl (C=O) groups excluding carboxylic acids is 3.